The molecule has 1 aliphatic carbocycles. The van der Waals surface area contributed by atoms with Gasteiger partial charge in [-0.15, -0.1) is 0 Å². The maximum Gasteiger partial charge on any atom is 0.158 e. The van der Waals surface area contributed by atoms with Gasteiger partial charge in [0.15, 0.2) is 5.82 Å². The summed E-state index contributed by atoms with van der Waals surface area (Å²) in [6, 6.07) is 1.78. The molecule has 1 saturated carbocycles. The fraction of sp³-hybridized carbons (Fsp3) is 0.417. The molecule has 0 spiro atoms. The monoisotopic (exact) mass is 248 g/mol. The zero-order valence-corrected chi connectivity index (χ0v) is 10.4. The Morgan fingerprint density at radius 1 is 1.41 bits per heavy atom. The molecule has 0 radical (unpaired) electrons. The van der Waals surface area contributed by atoms with E-state index in [1.54, 1.807) is 12.3 Å². The molecule has 3 rings (SSSR count). The first-order valence-corrected chi connectivity index (χ1v) is 6.21. The van der Waals surface area contributed by atoms with E-state index in [2.05, 4.69) is 26.4 Å². The Kier molecular flexibility index (Phi) is 2.59. The van der Waals surface area contributed by atoms with E-state index in [1.807, 2.05) is 6.20 Å². The van der Waals surface area contributed by atoms with Gasteiger partial charge in [0.05, 0.1) is 0 Å². The van der Waals surface area contributed by atoms with Crippen LogP contribution < -0.4 is 0 Å². The van der Waals surface area contributed by atoms with E-state index in [1.165, 1.54) is 12.8 Å². The molecular weight excluding hydrogens is 236 g/mol. The molecule has 0 unspecified atom stereocenters. The van der Waals surface area contributed by atoms with E-state index in [4.69, 9.17) is 11.6 Å². The fourth-order valence-corrected chi connectivity index (χ4v) is 2.06. The van der Waals surface area contributed by atoms with Crippen LogP contribution in [-0.4, -0.2) is 19.5 Å². The van der Waals surface area contributed by atoms with E-state index in [9.17, 15) is 0 Å². The molecule has 1 aliphatic rings. The van der Waals surface area contributed by atoms with Crippen molar-refractivity contribution in [3.8, 4) is 11.5 Å². The zero-order valence-electron chi connectivity index (χ0n) is 9.60. The van der Waals surface area contributed by atoms with Crippen LogP contribution in [0.1, 0.15) is 31.5 Å². The Morgan fingerprint density at radius 2 is 2.24 bits per heavy atom. The maximum atomic E-state index is 6.05. The van der Waals surface area contributed by atoms with Crippen LogP contribution in [-0.2, 0) is 6.54 Å². The molecule has 1 fully saturated rings. The lowest BCUT2D eigenvalue weighted by Gasteiger charge is -2.06. The van der Waals surface area contributed by atoms with E-state index in [-0.39, 0.29) is 0 Å². The van der Waals surface area contributed by atoms with Crippen LogP contribution in [0, 0.1) is 0 Å². The van der Waals surface area contributed by atoms with Gasteiger partial charge in [0, 0.05) is 30.9 Å². The lowest BCUT2D eigenvalue weighted by Crippen LogP contribution is -2.01. The van der Waals surface area contributed by atoms with Crippen LogP contribution >= 0.6 is 11.6 Å². The zero-order chi connectivity index (χ0) is 11.8. The molecule has 0 aliphatic heterocycles. The Morgan fingerprint density at radius 3 is 2.94 bits per heavy atom. The van der Waals surface area contributed by atoms with Crippen molar-refractivity contribution in [3.63, 3.8) is 0 Å². The van der Waals surface area contributed by atoms with Crippen molar-refractivity contribution >= 4 is 11.6 Å². The second-order valence-corrected chi connectivity index (χ2v) is 4.63. The molecule has 0 amide bonds. The number of nitrogens with zero attached hydrogens (tertiary/aromatic N) is 4. The largest absolute Gasteiger partial charge is 0.330 e. The van der Waals surface area contributed by atoms with Crippen molar-refractivity contribution in [1.82, 2.24) is 19.5 Å². The predicted molar refractivity (Wildman–Crippen MR) is 65.9 cm³/mol. The summed E-state index contributed by atoms with van der Waals surface area (Å²) in [5.41, 5.74) is 0.818. The second-order valence-electron chi connectivity index (χ2n) is 4.25. The van der Waals surface area contributed by atoms with Gasteiger partial charge in [-0.2, -0.15) is 0 Å². The van der Waals surface area contributed by atoms with Gasteiger partial charge in [0.25, 0.3) is 0 Å². The van der Waals surface area contributed by atoms with Crippen LogP contribution in [0.15, 0.2) is 18.5 Å². The molecule has 2 aromatic heterocycles. The van der Waals surface area contributed by atoms with Gasteiger partial charge in [0.1, 0.15) is 16.7 Å². The third-order valence-electron chi connectivity index (χ3n) is 2.94. The second kappa shape index (κ2) is 4.11. The number of hydrogen-bond donors (Lipinski definition) is 0. The summed E-state index contributed by atoms with van der Waals surface area (Å²) in [7, 11) is 0. The van der Waals surface area contributed by atoms with E-state index in [0.717, 1.165) is 23.9 Å². The van der Waals surface area contributed by atoms with E-state index >= 15 is 0 Å². The van der Waals surface area contributed by atoms with Crippen LogP contribution in [0.4, 0.5) is 0 Å². The number of rotatable bonds is 3. The first-order chi connectivity index (χ1) is 8.28. The molecule has 0 aromatic carbocycles. The highest BCUT2D eigenvalue weighted by Crippen LogP contribution is 2.39. The van der Waals surface area contributed by atoms with E-state index in [0.29, 0.717) is 11.1 Å². The average Bonchev–Trinajstić information content (AvgIpc) is 3.06. The van der Waals surface area contributed by atoms with Crippen LogP contribution in [0.25, 0.3) is 11.5 Å². The number of aryl methyl sites for hydroxylation is 1. The van der Waals surface area contributed by atoms with Gasteiger partial charge in [-0.1, -0.05) is 11.6 Å². The third-order valence-corrected chi connectivity index (χ3v) is 3.13. The Hall–Kier alpha value is -1.42. The topological polar surface area (TPSA) is 43.6 Å². The predicted octanol–water partition coefficient (Wildman–Crippen LogP) is 2.89. The first-order valence-electron chi connectivity index (χ1n) is 5.84. The molecule has 88 valence electrons. The summed E-state index contributed by atoms with van der Waals surface area (Å²) in [5, 5.41) is 0.502. The van der Waals surface area contributed by atoms with Gasteiger partial charge >= 0.3 is 0 Å². The maximum absolute atomic E-state index is 6.05. The van der Waals surface area contributed by atoms with Crippen molar-refractivity contribution in [2.75, 3.05) is 0 Å². The van der Waals surface area contributed by atoms with Gasteiger partial charge < -0.3 is 4.57 Å². The minimum absolute atomic E-state index is 0.498. The molecule has 17 heavy (non-hydrogen) atoms. The molecule has 4 nitrogen and oxygen atoms in total. The smallest absolute Gasteiger partial charge is 0.158 e. The quantitative estimate of drug-likeness (QED) is 0.785. The molecule has 2 heterocycles. The van der Waals surface area contributed by atoms with Crippen molar-refractivity contribution in [3.05, 3.63) is 29.4 Å². The highest BCUT2D eigenvalue weighted by molar-refractivity contribution is 6.29. The minimum atomic E-state index is 0.498. The SMILES string of the molecule is CCn1ccnc1-c1cc(Cl)nc(C2CC2)n1. The number of hydrogen-bond acceptors (Lipinski definition) is 3. The third kappa shape index (κ3) is 2.05. The number of halogens is 1. The van der Waals surface area contributed by atoms with Crippen LogP contribution in [0.3, 0.4) is 0 Å². The highest BCUT2D eigenvalue weighted by Gasteiger charge is 2.27. The molecule has 2 aromatic rings. The van der Waals surface area contributed by atoms with Crippen LogP contribution in [0.2, 0.25) is 5.15 Å². The Labute approximate surface area is 105 Å². The summed E-state index contributed by atoms with van der Waals surface area (Å²) in [4.78, 5) is 13.2. The van der Waals surface area contributed by atoms with Crippen molar-refractivity contribution < 1.29 is 0 Å². The fourth-order valence-electron chi connectivity index (χ4n) is 1.87. The van der Waals surface area contributed by atoms with Crippen molar-refractivity contribution in [2.45, 2.75) is 32.2 Å². The van der Waals surface area contributed by atoms with Gasteiger partial charge in [-0.3, -0.25) is 0 Å². The molecule has 0 bridgehead atoms. The van der Waals surface area contributed by atoms with Gasteiger partial charge in [0.2, 0.25) is 0 Å². The highest BCUT2D eigenvalue weighted by atomic mass is 35.5. The summed E-state index contributed by atoms with van der Waals surface area (Å²) >= 11 is 6.05. The molecule has 0 saturated heterocycles. The number of imidazole rings is 1. The lowest BCUT2D eigenvalue weighted by molar-refractivity contribution is 0.765. The minimum Gasteiger partial charge on any atom is -0.330 e. The standard InChI is InChI=1S/C12H13ClN4/c1-2-17-6-5-14-12(17)9-7-10(13)16-11(15-9)8-3-4-8/h5-8H,2-4H2,1H3. The normalized spacial score (nSPS) is 15.2. The van der Waals surface area contributed by atoms with Crippen molar-refractivity contribution in [2.24, 2.45) is 0 Å². The Bertz CT molecular complexity index is 545. The van der Waals surface area contributed by atoms with Gasteiger partial charge in [-0.25, -0.2) is 15.0 Å². The molecule has 0 atom stereocenters. The first kappa shape index (κ1) is 10.7. The molecule has 0 N–H and O–H groups in total. The average molecular weight is 249 g/mol. The summed E-state index contributed by atoms with van der Waals surface area (Å²) in [6.07, 6.45) is 6.07. The van der Waals surface area contributed by atoms with Crippen LogP contribution in [0.5, 0.6) is 0 Å². The Balaban J connectivity index is 2.07. The molecular formula is C12H13ClN4. The van der Waals surface area contributed by atoms with Gasteiger partial charge in [-0.05, 0) is 19.8 Å². The molecule has 5 heteroatoms. The lowest BCUT2D eigenvalue weighted by atomic mass is 10.3. The number of aromatic nitrogens is 4. The summed E-state index contributed by atoms with van der Waals surface area (Å²) in [5.74, 6) is 2.22. The summed E-state index contributed by atoms with van der Waals surface area (Å²) < 4.78 is 2.05. The van der Waals surface area contributed by atoms with E-state index < -0.39 is 0 Å². The summed E-state index contributed by atoms with van der Waals surface area (Å²) in [6.45, 7) is 2.95. The van der Waals surface area contributed by atoms with Crippen molar-refractivity contribution in [1.29, 1.82) is 0 Å².